The maximum Gasteiger partial charge on any atom is 0.330 e. The van der Waals surface area contributed by atoms with E-state index in [1.165, 1.54) is 23.9 Å². The highest BCUT2D eigenvalue weighted by Gasteiger charge is 2.64. The van der Waals surface area contributed by atoms with Crippen LogP contribution in [-0.4, -0.2) is 75.5 Å². The van der Waals surface area contributed by atoms with Gasteiger partial charge in [-0.25, -0.2) is 9.18 Å². The normalized spacial score (nSPS) is 20.3. The lowest BCUT2D eigenvalue weighted by molar-refractivity contribution is -0.168. The van der Waals surface area contributed by atoms with Crippen molar-refractivity contribution in [2.24, 2.45) is 11.1 Å². The number of aromatic nitrogens is 1. The van der Waals surface area contributed by atoms with Crippen molar-refractivity contribution >= 4 is 51.8 Å². The Morgan fingerprint density at radius 1 is 1.00 bits per heavy atom. The van der Waals surface area contributed by atoms with Gasteiger partial charge in [-0.2, -0.15) is 0 Å². The van der Waals surface area contributed by atoms with Crippen LogP contribution in [0, 0.1) is 11.7 Å². The summed E-state index contributed by atoms with van der Waals surface area (Å²) < 4.78 is 30.4. The highest BCUT2D eigenvalue weighted by atomic mass is 32.2. The summed E-state index contributed by atoms with van der Waals surface area (Å²) in [5.74, 6) is -0.876. The summed E-state index contributed by atoms with van der Waals surface area (Å²) in [5.41, 5.74) is 5.27. The zero-order valence-corrected chi connectivity index (χ0v) is 30.7. The standard InChI is InChI=1S/C40H40FN3O8S/c1-5-6-24(45)21-52-43-34-18-31-29-15-23(41)9-14-33(29)42-35(31)28-13-12-27(17-30(28)34)50-20-25(46)16-32-37(47)44-36(40(2,3)53-38(32)44)39(48)51-19-22-7-10-26(49-4)11-8-22/h7-15,17,32,36,38,42H,5-6,16,18-21H2,1-4H3/b43-34-. The first-order chi connectivity index (χ1) is 25.5. The Balaban J connectivity index is 1.01. The van der Waals surface area contributed by atoms with Crippen LogP contribution < -0.4 is 9.47 Å². The topological polar surface area (TPSA) is 137 Å². The first-order valence-electron chi connectivity index (χ1n) is 17.6. The van der Waals surface area contributed by atoms with E-state index in [0.717, 1.165) is 33.3 Å². The number of ether oxygens (including phenoxy) is 3. The van der Waals surface area contributed by atoms with Gasteiger partial charge in [0, 0.05) is 46.0 Å². The number of thioether (sulfide) groups is 1. The van der Waals surface area contributed by atoms with Crippen LogP contribution in [0.4, 0.5) is 4.39 Å². The number of benzene rings is 3. The average molecular weight is 742 g/mol. The van der Waals surface area contributed by atoms with Crippen LogP contribution in [0.2, 0.25) is 0 Å². The summed E-state index contributed by atoms with van der Waals surface area (Å²) in [4.78, 5) is 62.4. The maximum atomic E-state index is 14.2. The lowest BCUT2D eigenvalue weighted by Gasteiger charge is -2.43. The Morgan fingerprint density at radius 2 is 1.77 bits per heavy atom. The number of methoxy groups -OCH3 is 1. The minimum atomic E-state index is -0.775. The maximum absolute atomic E-state index is 14.2. The quantitative estimate of drug-likeness (QED) is 0.0886. The van der Waals surface area contributed by atoms with Gasteiger partial charge in [-0.1, -0.05) is 24.2 Å². The van der Waals surface area contributed by atoms with Crippen LogP contribution in [0.5, 0.6) is 11.5 Å². The number of halogens is 1. The van der Waals surface area contributed by atoms with E-state index in [2.05, 4.69) is 10.1 Å². The number of carbonyl (C=O) groups is 4. The number of fused-ring (bicyclic) bond motifs is 6. The molecule has 1 amide bonds. The summed E-state index contributed by atoms with van der Waals surface area (Å²) >= 11 is 1.50. The van der Waals surface area contributed by atoms with E-state index < -0.39 is 22.7 Å². The molecule has 1 aromatic heterocycles. The second-order valence-electron chi connectivity index (χ2n) is 14.0. The highest BCUT2D eigenvalue weighted by Crippen LogP contribution is 2.54. The van der Waals surface area contributed by atoms with E-state index in [1.54, 1.807) is 42.3 Å². The molecular weight excluding hydrogens is 702 g/mol. The molecule has 3 aliphatic rings. The largest absolute Gasteiger partial charge is 0.497 e. The highest BCUT2D eigenvalue weighted by molar-refractivity contribution is 8.01. The monoisotopic (exact) mass is 741 g/mol. The van der Waals surface area contributed by atoms with Crippen molar-refractivity contribution in [2.45, 2.75) is 69.2 Å². The first kappa shape index (κ1) is 36.2. The molecule has 7 rings (SSSR count). The summed E-state index contributed by atoms with van der Waals surface area (Å²) in [6.45, 7) is 5.37. The van der Waals surface area contributed by atoms with Gasteiger partial charge >= 0.3 is 5.97 Å². The van der Waals surface area contributed by atoms with Crippen molar-refractivity contribution in [3.05, 3.63) is 83.2 Å². The van der Waals surface area contributed by atoms with E-state index in [1.807, 2.05) is 39.0 Å². The number of nitrogens with zero attached hydrogens (tertiary/aromatic N) is 2. The van der Waals surface area contributed by atoms with Gasteiger partial charge in [-0.3, -0.25) is 14.4 Å². The summed E-state index contributed by atoms with van der Waals surface area (Å²) in [5, 5.41) is 4.74. The van der Waals surface area contributed by atoms with Crippen LogP contribution in [-0.2, 0) is 41.8 Å². The Morgan fingerprint density at radius 3 is 2.53 bits per heavy atom. The fourth-order valence-electron chi connectivity index (χ4n) is 7.26. The Bertz CT molecular complexity index is 2130. The van der Waals surface area contributed by atoms with Crippen LogP contribution >= 0.6 is 11.8 Å². The molecule has 0 spiro atoms. The van der Waals surface area contributed by atoms with Gasteiger partial charge in [0.2, 0.25) is 5.91 Å². The molecule has 276 valence electrons. The zero-order chi connectivity index (χ0) is 37.4. The summed E-state index contributed by atoms with van der Waals surface area (Å²) in [7, 11) is 1.58. The van der Waals surface area contributed by atoms with Crippen molar-refractivity contribution in [1.82, 2.24) is 9.88 Å². The minimum absolute atomic E-state index is 0.0248. The number of hydrogen-bond donors (Lipinski definition) is 1. The third-order valence-corrected chi connectivity index (χ3v) is 11.5. The lowest BCUT2D eigenvalue weighted by Crippen LogP contribution is -2.63. The lowest BCUT2D eigenvalue weighted by atomic mass is 9.87. The molecule has 13 heteroatoms. The molecule has 3 heterocycles. The second-order valence-corrected chi connectivity index (χ2v) is 15.8. The number of amides is 1. The van der Waals surface area contributed by atoms with E-state index >= 15 is 0 Å². The number of rotatable bonds is 14. The number of hydrogen-bond acceptors (Lipinski definition) is 10. The molecule has 2 fully saturated rings. The van der Waals surface area contributed by atoms with Crippen molar-refractivity contribution in [1.29, 1.82) is 0 Å². The molecule has 53 heavy (non-hydrogen) atoms. The van der Waals surface area contributed by atoms with E-state index in [-0.39, 0.29) is 54.9 Å². The third-order valence-electron chi connectivity index (χ3n) is 9.87. The molecule has 1 N–H and O–H groups in total. The van der Waals surface area contributed by atoms with Crippen LogP contribution in [0.3, 0.4) is 0 Å². The van der Waals surface area contributed by atoms with Gasteiger partial charge in [-0.05, 0) is 79.9 Å². The number of nitrogens with one attached hydrogen (secondary N) is 1. The molecule has 3 atom stereocenters. The zero-order valence-electron chi connectivity index (χ0n) is 29.9. The molecule has 4 aromatic rings. The number of oxime groups is 1. The van der Waals surface area contributed by atoms with Crippen LogP contribution in [0.25, 0.3) is 22.2 Å². The van der Waals surface area contributed by atoms with Gasteiger partial charge < -0.3 is 28.9 Å². The SMILES string of the molecule is CCCC(=O)CO/N=C1/Cc2c([nH]c3ccc(F)cc23)-c2ccc(OCC(=O)CC3C(=O)N4C3SC(C)(C)C4C(=O)OCc3ccc(OC)cc3)cc21. The molecule has 0 bridgehead atoms. The molecular formula is C40H40FN3O8S. The second kappa shape index (κ2) is 14.7. The average Bonchev–Trinajstić information content (AvgIpc) is 3.63. The van der Waals surface area contributed by atoms with Crippen molar-refractivity contribution in [3.63, 3.8) is 0 Å². The molecule has 11 nitrogen and oxygen atoms in total. The number of esters is 1. The van der Waals surface area contributed by atoms with Gasteiger partial charge in [0.05, 0.1) is 29.8 Å². The number of Topliss-reactive ketones (excluding diaryl/α,β-unsaturated/α-hetero) is 2. The molecule has 0 radical (unpaired) electrons. The Hall–Kier alpha value is -5.17. The molecule has 0 saturated carbocycles. The number of carbonyl (C=O) groups excluding carboxylic acids is 4. The third kappa shape index (κ3) is 7.14. The van der Waals surface area contributed by atoms with E-state index in [0.29, 0.717) is 42.0 Å². The molecule has 2 saturated heterocycles. The van der Waals surface area contributed by atoms with Crippen molar-refractivity contribution in [3.8, 4) is 22.8 Å². The fraction of sp³-hybridized carbons (Fsp3) is 0.375. The predicted molar refractivity (Wildman–Crippen MR) is 197 cm³/mol. The van der Waals surface area contributed by atoms with Gasteiger partial charge in [0.15, 0.2) is 18.2 Å². The Labute approximate surface area is 310 Å². The summed E-state index contributed by atoms with van der Waals surface area (Å²) in [6.07, 6.45) is 1.39. The number of ketones is 2. The molecule has 1 aliphatic carbocycles. The number of β-lactam (4-membered cyclic amide) rings is 1. The summed E-state index contributed by atoms with van der Waals surface area (Å²) in [6, 6.07) is 16.3. The van der Waals surface area contributed by atoms with Crippen LogP contribution in [0.15, 0.2) is 65.8 Å². The van der Waals surface area contributed by atoms with Crippen molar-refractivity contribution < 1.29 is 42.6 Å². The van der Waals surface area contributed by atoms with Crippen molar-refractivity contribution in [2.75, 3.05) is 20.3 Å². The van der Waals surface area contributed by atoms with Gasteiger partial charge in [-0.15, -0.1) is 11.8 Å². The fourth-order valence-corrected chi connectivity index (χ4v) is 8.94. The number of H-pyrrole nitrogens is 1. The van der Waals surface area contributed by atoms with E-state index in [4.69, 9.17) is 19.0 Å². The van der Waals surface area contributed by atoms with Gasteiger partial charge in [0.25, 0.3) is 0 Å². The van der Waals surface area contributed by atoms with E-state index in [9.17, 15) is 23.6 Å². The van der Waals surface area contributed by atoms with Gasteiger partial charge in [0.1, 0.15) is 36.6 Å². The number of aromatic amines is 1. The Kier molecular flexibility index (Phi) is 10.0. The smallest absolute Gasteiger partial charge is 0.330 e. The van der Waals surface area contributed by atoms with Crippen LogP contribution in [0.1, 0.15) is 56.7 Å². The molecule has 3 unspecified atom stereocenters. The minimum Gasteiger partial charge on any atom is -0.497 e. The predicted octanol–water partition coefficient (Wildman–Crippen LogP) is 6.39. The molecule has 3 aromatic carbocycles. The molecule has 2 aliphatic heterocycles. The first-order valence-corrected chi connectivity index (χ1v) is 18.4.